The van der Waals surface area contributed by atoms with Crippen molar-refractivity contribution in [2.24, 2.45) is 5.92 Å². The first-order valence-corrected chi connectivity index (χ1v) is 9.39. The highest BCUT2D eigenvalue weighted by atomic mass is 32.2. The molecule has 2 amide bonds. The zero-order valence-corrected chi connectivity index (χ0v) is 14.4. The molecule has 0 radical (unpaired) electrons. The number of piperidine rings is 1. The Labute approximate surface area is 145 Å². The third kappa shape index (κ3) is 4.47. The number of likely N-dealkylation sites (tertiary alicyclic amines) is 1. The van der Waals surface area contributed by atoms with E-state index in [0.717, 1.165) is 36.5 Å². The largest absolute Gasteiger partial charge is 0.368 e. The molecule has 1 aromatic rings. The molecule has 0 saturated carbocycles. The van der Waals surface area contributed by atoms with Gasteiger partial charge in [0.05, 0.1) is 6.20 Å². The molecule has 8 nitrogen and oxygen atoms in total. The number of amides is 2. The van der Waals surface area contributed by atoms with E-state index in [1.54, 1.807) is 18.0 Å². The Bertz CT molecular complexity index is 539. The molecule has 3 rings (SSSR count). The molecule has 2 aliphatic rings. The number of carbonyl (C=O) groups excluding carboxylic acids is 2. The van der Waals surface area contributed by atoms with Gasteiger partial charge >= 0.3 is 0 Å². The van der Waals surface area contributed by atoms with Crippen LogP contribution in [-0.4, -0.2) is 70.2 Å². The van der Waals surface area contributed by atoms with Crippen molar-refractivity contribution in [2.75, 3.05) is 32.0 Å². The number of hydrogen-bond donors (Lipinski definition) is 2. The molecule has 0 aliphatic carbocycles. The number of aromatic amines is 1. The van der Waals surface area contributed by atoms with Crippen molar-refractivity contribution < 1.29 is 14.3 Å². The SMILES string of the molecule is O=C(NCCSc1cn[nH]n1)C1CCN(C(=O)C2CCCO2)CC1. The minimum absolute atomic E-state index is 0.00408. The molecule has 9 heteroatoms. The monoisotopic (exact) mass is 353 g/mol. The maximum absolute atomic E-state index is 12.3. The van der Waals surface area contributed by atoms with Crippen LogP contribution >= 0.6 is 11.8 Å². The first-order chi connectivity index (χ1) is 11.7. The zero-order chi connectivity index (χ0) is 16.8. The van der Waals surface area contributed by atoms with Crippen LogP contribution in [0.15, 0.2) is 11.2 Å². The number of nitrogens with zero attached hydrogens (tertiary/aromatic N) is 3. The molecule has 0 aromatic carbocycles. The van der Waals surface area contributed by atoms with Crippen LogP contribution in [0.5, 0.6) is 0 Å². The predicted molar refractivity (Wildman–Crippen MR) is 88.4 cm³/mol. The molecule has 1 atom stereocenters. The van der Waals surface area contributed by atoms with Crippen molar-refractivity contribution in [3.63, 3.8) is 0 Å². The second-order valence-corrected chi connectivity index (χ2v) is 7.16. The van der Waals surface area contributed by atoms with Gasteiger partial charge in [0.25, 0.3) is 5.91 Å². The number of rotatable bonds is 6. The second-order valence-electron chi connectivity index (χ2n) is 6.05. The molecular weight excluding hydrogens is 330 g/mol. The third-order valence-electron chi connectivity index (χ3n) is 4.43. The summed E-state index contributed by atoms with van der Waals surface area (Å²) < 4.78 is 5.45. The smallest absolute Gasteiger partial charge is 0.251 e. The molecule has 2 fully saturated rings. The van der Waals surface area contributed by atoms with E-state index in [9.17, 15) is 9.59 Å². The normalized spacial score (nSPS) is 21.8. The number of carbonyl (C=O) groups is 2. The number of hydrogen-bond acceptors (Lipinski definition) is 6. The summed E-state index contributed by atoms with van der Waals surface area (Å²) in [5, 5.41) is 14.0. The molecule has 2 saturated heterocycles. The van der Waals surface area contributed by atoms with Crippen LogP contribution < -0.4 is 5.32 Å². The number of aromatic nitrogens is 3. The van der Waals surface area contributed by atoms with Crippen molar-refractivity contribution in [2.45, 2.75) is 36.8 Å². The molecule has 3 heterocycles. The Kier molecular flexibility index (Phi) is 6.08. The van der Waals surface area contributed by atoms with Gasteiger partial charge in [0.15, 0.2) is 0 Å². The molecular formula is C15H23N5O3S. The molecule has 1 aromatic heterocycles. The summed E-state index contributed by atoms with van der Waals surface area (Å²) in [6.45, 7) is 2.57. The minimum atomic E-state index is -0.260. The predicted octanol–water partition coefficient (Wildman–Crippen LogP) is 0.431. The van der Waals surface area contributed by atoms with Crippen molar-refractivity contribution in [1.29, 1.82) is 0 Å². The van der Waals surface area contributed by atoms with Gasteiger partial charge in [-0.15, -0.1) is 16.9 Å². The van der Waals surface area contributed by atoms with Crippen LogP contribution in [0, 0.1) is 5.92 Å². The first-order valence-electron chi connectivity index (χ1n) is 8.40. The number of thioether (sulfide) groups is 1. The average Bonchev–Trinajstić information content (AvgIpc) is 3.31. The molecule has 1 unspecified atom stereocenters. The van der Waals surface area contributed by atoms with Gasteiger partial charge in [-0.05, 0) is 25.7 Å². The van der Waals surface area contributed by atoms with E-state index in [1.807, 2.05) is 4.90 Å². The standard InChI is InChI=1S/C15H23N5O3S/c21-14(16-5-9-24-13-10-17-19-18-13)11-3-6-20(7-4-11)15(22)12-2-1-8-23-12/h10-12H,1-9H2,(H,16,21)(H,17,18,19). The first kappa shape index (κ1) is 17.2. The highest BCUT2D eigenvalue weighted by molar-refractivity contribution is 7.99. The Hall–Kier alpha value is -1.61. The Morgan fingerprint density at radius 2 is 2.21 bits per heavy atom. The number of H-pyrrole nitrogens is 1. The molecule has 0 spiro atoms. The third-order valence-corrected chi connectivity index (χ3v) is 5.33. The van der Waals surface area contributed by atoms with Gasteiger partial charge in [-0.1, -0.05) is 0 Å². The van der Waals surface area contributed by atoms with Gasteiger partial charge < -0.3 is 15.0 Å². The van der Waals surface area contributed by atoms with Gasteiger partial charge in [0, 0.05) is 37.9 Å². The topological polar surface area (TPSA) is 100 Å². The van der Waals surface area contributed by atoms with Gasteiger partial charge in [-0.3, -0.25) is 9.59 Å². The maximum Gasteiger partial charge on any atom is 0.251 e. The molecule has 0 bridgehead atoms. The fraction of sp³-hybridized carbons (Fsp3) is 0.733. The van der Waals surface area contributed by atoms with Crippen LogP contribution in [0.2, 0.25) is 0 Å². The molecule has 2 aliphatic heterocycles. The Morgan fingerprint density at radius 3 is 2.88 bits per heavy atom. The molecule has 2 N–H and O–H groups in total. The average molecular weight is 353 g/mol. The van der Waals surface area contributed by atoms with Gasteiger partial charge in [-0.2, -0.15) is 10.3 Å². The lowest BCUT2D eigenvalue weighted by Gasteiger charge is -2.32. The lowest BCUT2D eigenvalue weighted by atomic mass is 9.95. The number of ether oxygens (including phenoxy) is 1. The van der Waals surface area contributed by atoms with Crippen LogP contribution in [-0.2, 0) is 14.3 Å². The summed E-state index contributed by atoms with van der Waals surface area (Å²) in [6.07, 6.45) is 4.63. The van der Waals surface area contributed by atoms with Crippen molar-refractivity contribution >= 4 is 23.6 Å². The van der Waals surface area contributed by atoms with Gasteiger partial charge in [0.2, 0.25) is 5.91 Å². The summed E-state index contributed by atoms with van der Waals surface area (Å²) in [4.78, 5) is 26.3. The quantitative estimate of drug-likeness (QED) is 0.568. The Balaban J connectivity index is 1.33. The van der Waals surface area contributed by atoms with E-state index in [2.05, 4.69) is 20.7 Å². The van der Waals surface area contributed by atoms with Crippen LogP contribution in [0.25, 0.3) is 0 Å². The summed E-state index contributed by atoms with van der Waals surface area (Å²) >= 11 is 1.55. The summed E-state index contributed by atoms with van der Waals surface area (Å²) in [6, 6.07) is 0. The van der Waals surface area contributed by atoms with E-state index < -0.39 is 0 Å². The lowest BCUT2D eigenvalue weighted by Crippen LogP contribution is -2.46. The molecule has 24 heavy (non-hydrogen) atoms. The van der Waals surface area contributed by atoms with Gasteiger partial charge in [0.1, 0.15) is 11.1 Å². The van der Waals surface area contributed by atoms with E-state index in [4.69, 9.17) is 4.74 Å². The van der Waals surface area contributed by atoms with Crippen LogP contribution in [0.3, 0.4) is 0 Å². The fourth-order valence-corrected chi connectivity index (χ4v) is 3.72. The van der Waals surface area contributed by atoms with E-state index in [1.165, 1.54) is 0 Å². The van der Waals surface area contributed by atoms with Crippen molar-refractivity contribution in [3.05, 3.63) is 6.20 Å². The second kappa shape index (κ2) is 8.48. The van der Waals surface area contributed by atoms with E-state index >= 15 is 0 Å². The summed E-state index contributed by atoms with van der Waals surface area (Å²) in [7, 11) is 0. The van der Waals surface area contributed by atoms with Gasteiger partial charge in [-0.25, -0.2) is 0 Å². The highest BCUT2D eigenvalue weighted by Gasteiger charge is 2.32. The van der Waals surface area contributed by atoms with Crippen LogP contribution in [0.1, 0.15) is 25.7 Å². The summed E-state index contributed by atoms with van der Waals surface area (Å²) in [5.41, 5.74) is 0. The van der Waals surface area contributed by atoms with E-state index in [-0.39, 0.29) is 23.8 Å². The Morgan fingerprint density at radius 1 is 1.38 bits per heavy atom. The van der Waals surface area contributed by atoms with Crippen molar-refractivity contribution in [1.82, 2.24) is 25.6 Å². The van der Waals surface area contributed by atoms with Crippen LogP contribution in [0.4, 0.5) is 0 Å². The van der Waals surface area contributed by atoms with Crippen molar-refractivity contribution in [3.8, 4) is 0 Å². The molecule has 132 valence electrons. The zero-order valence-electron chi connectivity index (χ0n) is 13.6. The maximum atomic E-state index is 12.3. The lowest BCUT2D eigenvalue weighted by molar-refractivity contribution is -0.143. The highest BCUT2D eigenvalue weighted by Crippen LogP contribution is 2.21. The fourth-order valence-electron chi connectivity index (χ4n) is 3.07. The van der Waals surface area contributed by atoms with E-state index in [0.29, 0.717) is 26.2 Å². The summed E-state index contributed by atoms with van der Waals surface area (Å²) in [5.74, 6) is 0.931. The number of nitrogens with one attached hydrogen (secondary N) is 2. The minimum Gasteiger partial charge on any atom is -0.368 e.